The molecule has 0 saturated carbocycles. The molecular weight excluding hydrogens is 595 g/mol. The van der Waals surface area contributed by atoms with Crippen molar-refractivity contribution in [3.05, 3.63) is 81.4 Å². The zero-order valence-corrected chi connectivity index (χ0v) is 26.0. The predicted molar refractivity (Wildman–Crippen MR) is 160 cm³/mol. The second-order valence-corrected chi connectivity index (χ2v) is 11.7. The van der Waals surface area contributed by atoms with Gasteiger partial charge in [0.1, 0.15) is 23.6 Å². The van der Waals surface area contributed by atoms with Crippen LogP contribution in [-0.4, -0.2) is 34.3 Å². The van der Waals surface area contributed by atoms with E-state index in [0.717, 1.165) is 57.9 Å². The predicted octanol–water partition coefficient (Wildman–Crippen LogP) is 5.90. The molecule has 0 radical (unpaired) electrons. The van der Waals surface area contributed by atoms with Crippen molar-refractivity contribution in [2.24, 2.45) is 4.99 Å². The highest BCUT2D eigenvalue weighted by molar-refractivity contribution is 7.16. The van der Waals surface area contributed by atoms with Crippen LogP contribution in [0.25, 0.3) is 10.2 Å². The van der Waals surface area contributed by atoms with Crippen LogP contribution in [0.2, 0.25) is 0 Å². The number of alkyl halides is 3. The van der Waals surface area contributed by atoms with E-state index in [9.17, 15) is 27.9 Å². The van der Waals surface area contributed by atoms with Crippen LogP contribution >= 0.6 is 11.3 Å². The number of pyridine rings is 1. The van der Waals surface area contributed by atoms with Crippen LogP contribution in [-0.2, 0) is 24.1 Å². The minimum atomic E-state index is -4.66. The lowest BCUT2D eigenvalue weighted by Crippen LogP contribution is -2.33. The fourth-order valence-electron chi connectivity index (χ4n) is 4.78. The number of aliphatic hydroxyl groups excluding tert-OH is 1. The van der Waals surface area contributed by atoms with Gasteiger partial charge in [-0.3, -0.25) is 9.59 Å². The number of hydrogen-bond acceptors (Lipinski definition) is 6. The fraction of sp³-hybridized carbons (Fsp3) is 0.375. The van der Waals surface area contributed by atoms with Gasteiger partial charge in [-0.05, 0) is 68.7 Å². The third-order valence-electron chi connectivity index (χ3n) is 6.76. The molecule has 2 aromatic carbocycles. The number of aromatic nitrogens is 2. The van der Waals surface area contributed by atoms with E-state index in [0.29, 0.717) is 23.6 Å². The Morgan fingerprint density at radius 3 is 2.45 bits per heavy atom. The monoisotopic (exact) mass is 630 g/mol. The van der Waals surface area contributed by atoms with Gasteiger partial charge in [-0.15, -0.1) is 0 Å². The minimum Gasteiger partial charge on any atom is -0.490 e. The number of unbranched alkanes of at least 4 members (excludes halogenated alkanes) is 1. The Hall–Kier alpha value is -4.03. The SMILES string of the molecule is CCCCn1/c(=N/C(=O)c2cc(C(F)(F)F)ccc2OC[C@H](C)O)sc2cc[n+](Cc3cc(C)c(OC(C)=O)c(C)c3)cc21. The number of hydrogen-bond donors (Lipinski definition) is 1. The maximum Gasteiger partial charge on any atom is 0.416 e. The first-order valence-corrected chi connectivity index (χ1v) is 15.0. The summed E-state index contributed by atoms with van der Waals surface area (Å²) in [4.78, 5) is 29.5. The molecule has 0 saturated heterocycles. The summed E-state index contributed by atoms with van der Waals surface area (Å²) in [5.74, 6) is -0.792. The molecule has 0 bridgehead atoms. The Bertz CT molecular complexity index is 1740. The van der Waals surface area contributed by atoms with Crippen molar-refractivity contribution in [2.45, 2.75) is 72.8 Å². The number of aryl methyl sites for hydroxylation is 3. The number of fused-ring (bicyclic) bond motifs is 1. The quantitative estimate of drug-likeness (QED) is 0.134. The van der Waals surface area contributed by atoms with Crippen molar-refractivity contribution in [3.63, 3.8) is 0 Å². The summed E-state index contributed by atoms with van der Waals surface area (Å²) < 4.78 is 56.1. The Morgan fingerprint density at radius 2 is 1.84 bits per heavy atom. The van der Waals surface area contributed by atoms with E-state index in [1.54, 1.807) is 0 Å². The molecule has 234 valence electrons. The van der Waals surface area contributed by atoms with Crippen molar-refractivity contribution in [1.29, 1.82) is 0 Å². The summed E-state index contributed by atoms with van der Waals surface area (Å²) >= 11 is 1.27. The van der Waals surface area contributed by atoms with Crippen molar-refractivity contribution >= 4 is 33.4 Å². The lowest BCUT2D eigenvalue weighted by atomic mass is 10.1. The van der Waals surface area contributed by atoms with Crippen LogP contribution in [0.5, 0.6) is 11.5 Å². The zero-order valence-electron chi connectivity index (χ0n) is 25.2. The van der Waals surface area contributed by atoms with Crippen LogP contribution in [0, 0.1) is 13.8 Å². The molecule has 4 rings (SSSR count). The first-order chi connectivity index (χ1) is 20.8. The number of thiazole rings is 1. The summed E-state index contributed by atoms with van der Waals surface area (Å²) in [5.41, 5.74) is 2.19. The summed E-state index contributed by atoms with van der Waals surface area (Å²) in [6, 6.07) is 8.49. The number of carbonyl (C=O) groups excluding carboxylic acids is 2. The maximum absolute atomic E-state index is 13.5. The lowest BCUT2D eigenvalue weighted by Gasteiger charge is -2.13. The topological polar surface area (TPSA) is 94.0 Å². The van der Waals surface area contributed by atoms with Crippen LogP contribution < -0.4 is 18.8 Å². The molecular formula is C32H35F3N3O5S+. The Balaban J connectivity index is 1.76. The fourth-order valence-corrected chi connectivity index (χ4v) is 5.80. The molecule has 0 aliphatic rings. The van der Waals surface area contributed by atoms with Crippen molar-refractivity contribution < 1.29 is 41.9 Å². The van der Waals surface area contributed by atoms with Gasteiger partial charge in [-0.25, -0.2) is 0 Å². The first kappa shape index (κ1) is 32.9. The molecule has 0 aliphatic heterocycles. The Kier molecular flexibility index (Phi) is 10.3. The van der Waals surface area contributed by atoms with Gasteiger partial charge in [0.15, 0.2) is 23.7 Å². The highest BCUT2D eigenvalue weighted by Crippen LogP contribution is 2.33. The molecule has 44 heavy (non-hydrogen) atoms. The largest absolute Gasteiger partial charge is 0.490 e. The highest BCUT2D eigenvalue weighted by Gasteiger charge is 2.32. The molecule has 0 unspecified atom stereocenters. The molecule has 0 aliphatic carbocycles. The average Bonchev–Trinajstić information content (AvgIpc) is 3.27. The maximum atomic E-state index is 13.5. The molecule has 1 atom stereocenters. The van der Waals surface area contributed by atoms with Gasteiger partial charge in [0.25, 0.3) is 5.91 Å². The zero-order chi connectivity index (χ0) is 32.2. The standard InChI is InChI=1S/C32H35F3N3O5S/c1-6-7-11-38-26-17-37(16-23-13-19(2)29(20(3)14-23)43-22(5)40)12-10-28(26)44-31(38)36-30(41)25-15-24(32(33,34)35)8-9-27(25)42-18-21(4)39/h8-10,12-15,17,21,39H,6-7,11,16,18H2,1-5H3/q+1/b36-31-/t21-/m0/s1. The van der Waals surface area contributed by atoms with E-state index < -0.39 is 23.8 Å². The molecule has 1 N–H and O–H groups in total. The molecule has 12 heteroatoms. The van der Waals surface area contributed by atoms with E-state index >= 15 is 0 Å². The number of halogens is 3. The van der Waals surface area contributed by atoms with Crippen LogP contribution in [0.4, 0.5) is 13.2 Å². The van der Waals surface area contributed by atoms with Crippen LogP contribution in [0.3, 0.4) is 0 Å². The number of ether oxygens (including phenoxy) is 2. The van der Waals surface area contributed by atoms with E-state index in [4.69, 9.17) is 9.47 Å². The van der Waals surface area contributed by atoms with Crippen LogP contribution in [0.15, 0.2) is 53.8 Å². The van der Waals surface area contributed by atoms with Gasteiger partial charge in [-0.1, -0.05) is 24.7 Å². The molecule has 0 fully saturated rings. The summed E-state index contributed by atoms with van der Waals surface area (Å²) in [7, 11) is 0. The second-order valence-electron chi connectivity index (χ2n) is 10.7. The molecule has 2 aromatic heterocycles. The van der Waals surface area contributed by atoms with Crippen LogP contribution in [0.1, 0.15) is 66.2 Å². The third-order valence-corrected chi connectivity index (χ3v) is 7.82. The van der Waals surface area contributed by atoms with Crippen molar-refractivity contribution in [1.82, 2.24) is 4.57 Å². The highest BCUT2D eigenvalue weighted by atomic mass is 32.1. The van der Waals surface area contributed by atoms with Gasteiger partial charge in [0.2, 0.25) is 0 Å². The van der Waals surface area contributed by atoms with E-state index in [1.165, 1.54) is 25.2 Å². The number of amides is 1. The molecule has 1 amide bonds. The molecule has 8 nitrogen and oxygen atoms in total. The second kappa shape index (κ2) is 13.7. The minimum absolute atomic E-state index is 0.0861. The summed E-state index contributed by atoms with van der Waals surface area (Å²) in [6.07, 6.45) is -0.0115. The molecule has 4 aromatic rings. The van der Waals surface area contributed by atoms with Crippen molar-refractivity contribution in [2.75, 3.05) is 6.61 Å². The average molecular weight is 631 g/mol. The van der Waals surface area contributed by atoms with Crippen molar-refractivity contribution in [3.8, 4) is 11.5 Å². The van der Waals surface area contributed by atoms with Gasteiger partial charge >= 0.3 is 12.1 Å². The summed E-state index contributed by atoms with van der Waals surface area (Å²) in [5, 5.41) is 9.61. The smallest absolute Gasteiger partial charge is 0.416 e. The molecule has 2 heterocycles. The van der Waals surface area contributed by atoms with Gasteiger partial charge < -0.3 is 19.1 Å². The number of nitrogens with zero attached hydrogens (tertiary/aromatic N) is 3. The van der Waals surface area contributed by atoms with E-state index in [1.807, 2.05) is 60.5 Å². The lowest BCUT2D eigenvalue weighted by molar-refractivity contribution is -0.687. The number of esters is 1. The van der Waals surface area contributed by atoms with Gasteiger partial charge in [0.05, 0.1) is 21.9 Å². The normalized spacial score (nSPS) is 12.9. The van der Waals surface area contributed by atoms with E-state index in [-0.39, 0.29) is 23.9 Å². The molecule has 0 spiro atoms. The first-order valence-electron chi connectivity index (χ1n) is 14.2. The van der Waals surface area contributed by atoms with Gasteiger partial charge in [-0.2, -0.15) is 22.7 Å². The van der Waals surface area contributed by atoms with Gasteiger partial charge in [0, 0.05) is 25.1 Å². The number of benzene rings is 2. The van der Waals surface area contributed by atoms with E-state index in [2.05, 4.69) is 4.99 Å². The number of carbonyl (C=O) groups is 2. The summed E-state index contributed by atoms with van der Waals surface area (Å²) in [6.45, 7) is 9.52. The Labute approximate surface area is 257 Å². The third kappa shape index (κ3) is 7.92. The number of aliphatic hydroxyl groups is 1. The number of rotatable bonds is 10. The Morgan fingerprint density at radius 1 is 1.14 bits per heavy atom.